The van der Waals surface area contributed by atoms with E-state index in [4.69, 9.17) is 5.73 Å². The standard InChI is InChI=1S/C12H26N2/c1-12(2)9-11(12)10-14-8-6-4-3-5-7-13/h11,14H,3-10,13H2,1-2H3. The zero-order valence-corrected chi connectivity index (χ0v) is 9.81. The van der Waals surface area contributed by atoms with Crippen molar-refractivity contribution in [1.29, 1.82) is 0 Å². The molecule has 0 amide bonds. The van der Waals surface area contributed by atoms with Crippen LogP contribution in [-0.2, 0) is 0 Å². The van der Waals surface area contributed by atoms with Crippen LogP contribution < -0.4 is 11.1 Å². The Labute approximate surface area is 88.6 Å². The first-order valence-electron chi connectivity index (χ1n) is 6.07. The summed E-state index contributed by atoms with van der Waals surface area (Å²) in [5.41, 5.74) is 6.06. The predicted molar refractivity (Wildman–Crippen MR) is 62.3 cm³/mol. The molecule has 1 aliphatic carbocycles. The second-order valence-electron chi connectivity index (χ2n) is 5.30. The van der Waals surface area contributed by atoms with Gasteiger partial charge in [-0.2, -0.15) is 0 Å². The third-order valence-electron chi connectivity index (χ3n) is 3.42. The first kappa shape index (κ1) is 12.0. The Morgan fingerprint density at radius 2 is 1.86 bits per heavy atom. The van der Waals surface area contributed by atoms with Gasteiger partial charge in [0.15, 0.2) is 0 Å². The molecule has 1 rings (SSSR count). The minimum Gasteiger partial charge on any atom is -0.330 e. The molecule has 1 aliphatic rings. The number of nitrogens with two attached hydrogens (primary N) is 1. The van der Waals surface area contributed by atoms with Crippen molar-refractivity contribution < 1.29 is 0 Å². The first-order chi connectivity index (χ1) is 6.67. The van der Waals surface area contributed by atoms with Crippen molar-refractivity contribution in [3.63, 3.8) is 0 Å². The highest BCUT2D eigenvalue weighted by Crippen LogP contribution is 2.50. The SMILES string of the molecule is CC1(C)CC1CNCCCCCCN. The number of nitrogens with one attached hydrogen (secondary N) is 1. The van der Waals surface area contributed by atoms with Gasteiger partial charge in [0.1, 0.15) is 0 Å². The summed E-state index contributed by atoms with van der Waals surface area (Å²) in [7, 11) is 0. The number of hydrogen-bond donors (Lipinski definition) is 2. The van der Waals surface area contributed by atoms with Crippen molar-refractivity contribution in [2.45, 2.75) is 46.0 Å². The summed E-state index contributed by atoms with van der Waals surface area (Å²) in [6, 6.07) is 0. The van der Waals surface area contributed by atoms with Crippen LogP contribution >= 0.6 is 0 Å². The van der Waals surface area contributed by atoms with Crippen molar-refractivity contribution >= 4 is 0 Å². The van der Waals surface area contributed by atoms with Gasteiger partial charge in [-0.25, -0.2) is 0 Å². The third kappa shape index (κ3) is 4.43. The molecule has 2 heteroatoms. The fourth-order valence-corrected chi connectivity index (χ4v) is 1.95. The molecule has 0 spiro atoms. The lowest BCUT2D eigenvalue weighted by Gasteiger charge is -2.05. The molecule has 0 aromatic heterocycles. The van der Waals surface area contributed by atoms with Crippen molar-refractivity contribution in [3.8, 4) is 0 Å². The highest BCUT2D eigenvalue weighted by Gasteiger charge is 2.44. The van der Waals surface area contributed by atoms with E-state index in [1.807, 2.05) is 0 Å². The van der Waals surface area contributed by atoms with E-state index in [1.54, 1.807) is 0 Å². The Hall–Kier alpha value is -0.0800. The normalized spacial score (nSPS) is 23.8. The Morgan fingerprint density at radius 3 is 2.43 bits per heavy atom. The summed E-state index contributed by atoms with van der Waals surface area (Å²) in [6.45, 7) is 7.99. The maximum absolute atomic E-state index is 5.43. The molecule has 0 saturated heterocycles. The fourth-order valence-electron chi connectivity index (χ4n) is 1.95. The average Bonchev–Trinajstić information content (AvgIpc) is 2.73. The van der Waals surface area contributed by atoms with Gasteiger partial charge in [0.2, 0.25) is 0 Å². The van der Waals surface area contributed by atoms with Crippen LogP contribution in [0.1, 0.15) is 46.0 Å². The molecule has 0 radical (unpaired) electrons. The smallest absolute Gasteiger partial charge is 0.00152 e. The van der Waals surface area contributed by atoms with Gasteiger partial charge in [0, 0.05) is 0 Å². The van der Waals surface area contributed by atoms with Crippen LogP contribution in [0.25, 0.3) is 0 Å². The molecule has 1 fully saturated rings. The minimum absolute atomic E-state index is 0.631. The average molecular weight is 198 g/mol. The topological polar surface area (TPSA) is 38.0 Å². The fraction of sp³-hybridized carbons (Fsp3) is 1.00. The van der Waals surface area contributed by atoms with Gasteiger partial charge in [-0.15, -0.1) is 0 Å². The van der Waals surface area contributed by atoms with Crippen molar-refractivity contribution in [2.75, 3.05) is 19.6 Å². The molecule has 1 saturated carbocycles. The summed E-state index contributed by atoms with van der Waals surface area (Å²) < 4.78 is 0. The number of rotatable bonds is 8. The van der Waals surface area contributed by atoms with Gasteiger partial charge in [-0.3, -0.25) is 0 Å². The van der Waals surface area contributed by atoms with E-state index in [-0.39, 0.29) is 0 Å². The molecule has 1 unspecified atom stereocenters. The van der Waals surface area contributed by atoms with Gasteiger partial charge in [-0.1, -0.05) is 26.7 Å². The van der Waals surface area contributed by atoms with Crippen LogP contribution in [0.2, 0.25) is 0 Å². The maximum Gasteiger partial charge on any atom is -0.00152 e. The molecule has 84 valence electrons. The highest BCUT2D eigenvalue weighted by molar-refractivity contribution is 4.95. The van der Waals surface area contributed by atoms with Crippen molar-refractivity contribution in [1.82, 2.24) is 5.32 Å². The molecule has 3 N–H and O–H groups in total. The van der Waals surface area contributed by atoms with Gasteiger partial charge in [-0.05, 0) is 50.2 Å². The van der Waals surface area contributed by atoms with Gasteiger partial charge >= 0.3 is 0 Å². The Bertz CT molecular complexity index is 154. The van der Waals surface area contributed by atoms with Crippen LogP contribution in [0.3, 0.4) is 0 Å². The van der Waals surface area contributed by atoms with Crippen molar-refractivity contribution in [3.05, 3.63) is 0 Å². The van der Waals surface area contributed by atoms with Crippen LogP contribution in [0.4, 0.5) is 0 Å². The van der Waals surface area contributed by atoms with Crippen LogP contribution in [0.15, 0.2) is 0 Å². The Balaban J connectivity index is 1.77. The zero-order chi connectivity index (χ0) is 10.4. The molecule has 0 heterocycles. The zero-order valence-electron chi connectivity index (χ0n) is 9.81. The van der Waals surface area contributed by atoms with Crippen LogP contribution in [0, 0.1) is 11.3 Å². The second kappa shape index (κ2) is 5.72. The first-order valence-corrected chi connectivity index (χ1v) is 6.07. The summed E-state index contributed by atoms with van der Waals surface area (Å²) in [4.78, 5) is 0. The largest absolute Gasteiger partial charge is 0.330 e. The van der Waals surface area contributed by atoms with E-state index in [2.05, 4.69) is 19.2 Å². The summed E-state index contributed by atoms with van der Waals surface area (Å²) in [5.74, 6) is 0.937. The molecule has 1 atom stereocenters. The van der Waals surface area contributed by atoms with E-state index in [1.165, 1.54) is 45.2 Å². The van der Waals surface area contributed by atoms with E-state index in [0.29, 0.717) is 5.41 Å². The summed E-state index contributed by atoms with van der Waals surface area (Å²) in [6.07, 6.45) is 6.54. The highest BCUT2D eigenvalue weighted by atomic mass is 14.9. The molecular weight excluding hydrogens is 172 g/mol. The minimum atomic E-state index is 0.631. The Kier molecular flexibility index (Phi) is 4.90. The molecular formula is C12H26N2. The number of unbranched alkanes of at least 4 members (excludes halogenated alkanes) is 3. The van der Waals surface area contributed by atoms with Gasteiger partial charge in [0.25, 0.3) is 0 Å². The Morgan fingerprint density at radius 1 is 1.21 bits per heavy atom. The summed E-state index contributed by atoms with van der Waals surface area (Å²) >= 11 is 0. The predicted octanol–water partition coefficient (Wildman–Crippen LogP) is 2.14. The summed E-state index contributed by atoms with van der Waals surface area (Å²) in [5, 5.41) is 3.55. The molecule has 0 aliphatic heterocycles. The van der Waals surface area contributed by atoms with Crippen LogP contribution in [0.5, 0.6) is 0 Å². The van der Waals surface area contributed by atoms with Gasteiger partial charge < -0.3 is 11.1 Å². The second-order valence-corrected chi connectivity index (χ2v) is 5.30. The quantitative estimate of drug-likeness (QED) is 0.586. The maximum atomic E-state index is 5.43. The molecule has 0 bridgehead atoms. The van der Waals surface area contributed by atoms with E-state index >= 15 is 0 Å². The van der Waals surface area contributed by atoms with E-state index in [0.717, 1.165) is 12.5 Å². The van der Waals surface area contributed by atoms with E-state index in [9.17, 15) is 0 Å². The molecule has 0 aromatic carbocycles. The van der Waals surface area contributed by atoms with Crippen molar-refractivity contribution in [2.24, 2.45) is 17.1 Å². The number of hydrogen-bond acceptors (Lipinski definition) is 2. The van der Waals surface area contributed by atoms with E-state index < -0.39 is 0 Å². The van der Waals surface area contributed by atoms with Crippen LogP contribution in [-0.4, -0.2) is 19.6 Å². The molecule has 0 aromatic rings. The monoisotopic (exact) mass is 198 g/mol. The molecule has 14 heavy (non-hydrogen) atoms. The molecule has 2 nitrogen and oxygen atoms in total. The van der Waals surface area contributed by atoms with Gasteiger partial charge in [0.05, 0.1) is 0 Å². The lowest BCUT2D eigenvalue weighted by atomic mass is 10.1. The lowest BCUT2D eigenvalue weighted by Crippen LogP contribution is -2.19. The lowest BCUT2D eigenvalue weighted by molar-refractivity contribution is 0.508. The third-order valence-corrected chi connectivity index (χ3v) is 3.42.